The van der Waals surface area contributed by atoms with Crippen molar-refractivity contribution in [2.75, 3.05) is 25.9 Å². The molecule has 23 heavy (non-hydrogen) atoms. The lowest BCUT2D eigenvalue weighted by molar-refractivity contribution is -0.132. The second-order valence-corrected chi connectivity index (χ2v) is 7.68. The Balaban J connectivity index is 1.97. The minimum atomic E-state index is -3.27. The lowest BCUT2D eigenvalue weighted by atomic mass is 9.97. The first-order valence-electron chi connectivity index (χ1n) is 7.41. The predicted octanol–water partition coefficient (Wildman–Crippen LogP) is 1.30. The maximum Gasteiger partial charge on any atom is 0.227 e. The van der Waals surface area contributed by atoms with E-state index in [0.717, 1.165) is 31.2 Å². The Labute approximate surface area is 134 Å². The number of hydrogen-bond acceptors (Lipinski definition) is 3. The molecule has 128 valence electrons. The Hall–Kier alpha value is -1.54. The normalized spacial score (nSPS) is 18.9. The number of carbonyl (C=O) groups excluding carboxylic acids is 1. The van der Waals surface area contributed by atoms with E-state index in [4.69, 9.17) is 0 Å². The van der Waals surface area contributed by atoms with Crippen LogP contribution in [0.25, 0.3) is 0 Å². The number of amides is 1. The van der Waals surface area contributed by atoms with E-state index < -0.39 is 21.7 Å². The molecule has 2 rings (SSSR count). The van der Waals surface area contributed by atoms with Gasteiger partial charge in [0.25, 0.3) is 0 Å². The molecule has 1 aromatic carbocycles. The van der Waals surface area contributed by atoms with Crippen LogP contribution in [0.3, 0.4) is 0 Å². The summed E-state index contributed by atoms with van der Waals surface area (Å²) in [6, 6.07) is 3.51. The highest BCUT2D eigenvalue weighted by molar-refractivity contribution is 7.88. The molecule has 1 heterocycles. The molecular weight excluding hydrogens is 326 g/mol. The third-order valence-electron chi connectivity index (χ3n) is 3.90. The Bertz CT molecular complexity index is 659. The van der Waals surface area contributed by atoms with Crippen LogP contribution in [0.1, 0.15) is 18.4 Å². The quantitative estimate of drug-likeness (QED) is 0.874. The highest BCUT2D eigenvalue weighted by Crippen LogP contribution is 2.19. The number of rotatable bonds is 5. The molecule has 1 atom stereocenters. The summed E-state index contributed by atoms with van der Waals surface area (Å²) >= 11 is 0. The molecule has 1 N–H and O–H groups in total. The average molecular weight is 346 g/mol. The fraction of sp³-hybridized carbons (Fsp3) is 0.533. The lowest BCUT2D eigenvalue weighted by Crippen LogP contribution is -2.44. The molecule has 0 saturated carbocycles. The fourth-order valence-corrected chi connectivity index (χ4v) is 3.23. The summed E-state index contributed by atoms with van der Waals surface area (Å²) in [5, 5.41) is 0. The lowest BCUT2D eigenvalue weighted by Gasteiger charge is -2.33. The average Bonchev–Trinajstić information content (AvgIpc) is 2.48. The monoisotopic (exact) mass is 346 g/mol. The molecule has 1 aliphatic rings. The Kier molecular flexibility index (Phi) is 5.69. The SMILES string of the molecule is CS(=O)(=O)NC[C@@H]1CCCN(C(=O)Cc2c(F)cccc2F)C1. The van der Waals surface area contributed by atoms with Gasteiger partial charge in [-0.15, -0.1) is 0 Å². The first kappa shape index (κ1) is 17.8. The van der Waals surface area contributed by atoms with Gasteiger partial charge in [0.1, 0.15) is 11.6 Å². The van der Waals surface area contributed by atoms with Crippen molar-refractivity contribution in [2.45, 2.75) is 19.3 Å². The summed E-state index contributed by atoms with van der Waals surface area (Å²) in [6.45, 7) is 1.17. The van der Waals surface area contributed by atoms with Crippen molar-refractivity contribution in [1.82, 2.24) is 9.62 Å². The summed E-state index contributed by atoms with van der Waals surface area (Å²) in [6.07, 6.45) is 2.30. The van der Waals surface area contributed by atoms with E-state index in [1.165, 1.54) is 6.07 Å². The molecule has 0 unspecified atom stereocenters. The minimum absolute atomic E-state index is 0.00731. The van der Waals surface area contributed by atoms with Gasteiger partial charge < -0.3 is 4.90 Å². The third-order valence-corrected chi connectivity index (χ3v) is 4.59. The molecule has 0 aromatic heterocycles. The molecule has 0 bridgehead atoms. The number of piperidine rings is 1. The minimum Gasteiger partial charge on any atom is -0.342 e. The van der Waals surface area contributed by atoms with Crippen LogP contribution in [0, 0.1) is 17.6 Å². The molecule has 0 radical (unpaired) electrons. The zero-order chi connectivity index (χ0) is 17.0. The van der Waals surface area contributed by atoms with Gasteiger partial charge in [0.05, 0.1) is 12.7 Å². The van der Waals surface area contributed by atoms with Crippen LogP contribution in [0.15, 0.2) is 18.2 Å². The van der Waals surface area contributed by atoms with Crippen LogP contribution < -0.4 is 4.72 Å². The predicted molar refractivity (Wildman–Crippen MR) is 82.2 cm³/mol. The van der Waals surface area contributed by atoms with Crippen LogP contribution >= 0.6 is 0 Å². The van der Waals surface area contributed by atoms with Gasteiger partial charge in [0.15, 0.2) is 0 Å². The zero-order valence-electron chi connectivity index (χ0n) is 12.9. The first-order valence-corrected chi connectivity index (χ1v) is 9.30. The molecule has 5 nitrogen and oxygen atoms in total. The summed E-state index contributed by atoms with van der Waals surface area (Å²) in [5.74, 6) is -1.80. The van der Waals surface area contributed by atoms with Crippen molar-refractivity contribution in [2.24, 2.45) is 5.92 Å². The first-order chi connectivity index (χ1) is 10.8. The Morgan fingerprint density at radius 2 is 2.00 bits per heavy atom. The maximum atomic E-state index is 13.6. The third kappa shape index (κ3) is 5.24. The number of nitrogens with zero attached hydrogens (tertiary/aromatic N) is 1. The standard InChI is InChI=1S/C15H20F2N2O3S/c1-23(21,22)18-9-11-4-3-7-19(10-11)15(20)8-12-13(16)5-2-6-14(12)17/h2,5-6,11,18H,3-4,7-10H2,1H3/t11-/m0/s1. The van der Waals surface area contributed by atoms with E-state index in [9.17, 15) is 22.0 Å². The molecule has 1 aliphatic heterocycles. The molecule has 1 aromatic rings. The number of hydrogen-bond donors (Lipinski definition) is 1. The molecule has 1 saturated heterocycles. The fourth-order valence-electron chi connectivity index (χ4n) is 2.69. The zero-order valence-corrected chi connectivity index (χ0v) is 13.7. The van der Waals surface area contributed by atoms with Crippen LogP contribution in [-0.4, -0.2) is 45.1 Å². The number of carbonyl (C=O) groups is 1. The van der Waals surface area contributed by atoms with E-state index in [2.05, 4.69) is 4.72 Å². The van der Waals surface area contributed by atoms with Crippen LogP contribution in [0.4, 0.5) is 8.78 Å². The van der Waals surface area contributed by atoms with Crippen molar-refractivity contribution >= 4 is 15.9 Å². The number of sulfonamides is 1. The number of benzene rings is 1. The molecule has 0 spiro atoms. The largest absolute Gasteiger partial charge is 0.342 e. The van der Waals surface area contributed by atoms with E-state index in [1.807, 2.05) is 0 Å². The summed E-state index contributed by atoms with van der Waals surface area (Å²) in [4.78, 5) is 13.8. The summed E-state index contributed by atoms with van der Waals surface area (Å²) < 4.78 is 51.9. The number of likely N-dealkylation sites (tertiary alicyclic amines) is 1. The summed E-state index contributed by atoms with van der Waals surface area (Å²) in [5.41, 5.74) is -0.228. The van der Waals surface area contributed by atoms with Gasteiger partial charge in [-0.05, 0) is 30.9 Å². The van der Waals surface area contributed by atoms with E-state index in [1.54, 1.807) is 4.90 Å². The van der Waals surface area contributed by atoms with E-state index in [0.29, 0.717) is 13.1 Å². The van der Waals surface area contributed by atoms with Gasteiger partial charge in [0, 0.05) is 25.2 Å². The number of halogens is 2. The number of nitrogens with one attached hydrogen (secondary N) is 1. The molecule has 1 fully saturated rings. The molecule has 8 heteroatoms. The van der Waals surface area contributed by atoms with Crippen molar-refractivity contribution in [3.8, 4) is 0 Å². The molecule has 0 aliphatic carbocycles. The van der Waals surface area contributed by atoms with Gasteiger partial charge in [-0.25, -0.2) is 21.9 Å². The van der Waals surface area contributed by atoms with Crippen molar-refractivity contribution < 1.29 is 22.0 Å². The Morgan fingerprint density at radius 1 is 1.35 bits per heavy atom. The van der Waals surface area contributed by atoms with Crippen LogP contribution in [0.2, 0.25) is 0 Å². The molecule has 1 amide bonds. The van der Waals surface area contributed by atoms with Crippen molar-refractivity contribution in [1.29, 1.82) is 0 Å². The van der Waals surface area contributed by atoms with Crippen molar-refractivity contribution in [3.05, 3.63) is 35.4 Å². The van der Waals surface area contributed by atoms with E-state index >= 15 is 0 Å². The van der Waals surface area contributed by atoms with Gasteiger partial charge >= 0.3 is 0 Å². The van der Waals surface area contributed by atoms with Crippen LogP contribution in [0.5, 0.6) is 0 Å². The van der Waals surface area contributed by atoms with Gasteiger partial charge in [-0.1, -0.05) is 6.07 Å². The Morgan fingerprint density at radius 3 is 2.61 bits per heavy atom. The smallest absolute Gasteiger partial charge is 0.227 e. The van der Waals surface area contributed by atoms with Crippen molar-refractivity contribution in [3.63, 3.8) is 0 Å². The van der Waals surface area contributed by atoms with E-state index in [-0.39, 0.29) is 30.4 Å². The van der Waals surface area contributed by atoms with Crippen LogP contribution in [-0.2, 0) is 21.2 Å². The molecular formula is C15H20F2N2O3S. The van der Waals surface area contributed by atoms with Gasteiger partial charge in [0.2, 0.25) is 15.9 Å². The highest BCUT2D eigenvalue weighted by atomic mass is 32.2. The topological polar surface area (TPSA) is 66.5 Å². The highest BCUT2D eigenvalue weighted by Gasteiger charge is 2.25. The van der Waals surface area contributed by atoms with Gasteiger partial charge in [-0.2, -0.15) is 0 Å². The second kappa shape index (κ2) is 7.35. The summed E-state index contributed by atoms with van der Waals surface area (Å²) in [7, 11) is -3.27. The van der Waals surface area contributed by atoms with Gasteiger partial charge in [-0.3, -0.25) is 4.79 Å². The second-order valence-electron chi connectivity index (χ2n) is 5.85. The maximum absolute atomic E-state index is 13.6.